The normalized spacial score (nSPS) is 19.9. The average Bonchev–Trinajstić information content (AvgIpc) is 2.81. The number of carbonyl (C=O) groups is 2. The van der Waals surface area contributed by atoms with Gasteiger partial charge in [0, 0.05) is 25.6 Å². The van der Waals surface area contributed by atoms with Gasteiger partial charge in [-0.3, -0.25) is 4.79 Å². The van der Waals surface area contributed by atoms with Crippen LogP contribution in [0.4, 0.5) is 4.79 Å². The molecule has 1 saturated heterocycles. The van der Waals surface area contributed by atoms with Gasteiger partial charge in [0.05, 0.1) is 6.10 Å². The maximum Gasteiger partial charge on any atom is 0.314 e. The molecule has 0 radical (unpaired) electrons. The van der Waals surface area contributed by atoms with Crippen molar-refractivity contribution in [2.45, 2.75) is 57.6 Å². The Morgan fingerprint density at radius 3 is 2.89 bits per heavy atom. The molecule has 0 spiro atoms. The Balaban J connectivity index is 2.00. The number of urea groups is 1. The minimum Gasteiger partial charge on any atom is -0.481 e. The highest BCUT2D eigenvalue weighted by Gasteiger charge is 2.15. The zero-order valence-electron chi connectivity index (χ0n) is 11.5. The molecule has 0 aromatic heterocycles. The lowest BCUT2D eigenvalue weighted by Gasteiger charge is -2.15. The number of rotatable bonds is 8. The molecule has 2 unspecified atom stereocenters. The Hall–Kier alpha value is -1.30. The third-order valence-corrected chi connectivity index (χ3v) is 3.18. The molecule has 0 aliphatic carbocycles. The molecule has 1 rings (SSSR count). The Kier molecular flexibility index (Phi) is 7.25. The lowest BCUT2D eigenvalue weighted by molar-refractivity contribution is -0.137. The maximum absolute atomic E-state index is 11.5. The second kappa shape index (κ2) is 8.74. The first kappa shape index (κ1) is 15.8. The van der Waals surface area contributed by atoms with Crippen molar-refractivity contribution < 1.29 is 19.4 Å². The Morgan fingerprint density at radius 1 is 1.47 bits per heavy atom. The zero-order chi connectivity index (χ0) is 14.1. The maximum atomic E-state index is 11.5. The zero-order valence-corrected chi connectivity index (χ0v) is 11.5. The second-order valence-corrected chi connectivity index (χ2v) is 5.01. The lowest BCUT2D eigenvalue weighted by Crippen LogP contribution is -2.41. The van der Waals surface area contributed by atoms with Crippen LogP contribution in [0.1, 0.15) is 45.4 Å². The number of amides is 2. The summed E-state index contributed by atoms with van der Waals surface area (Å²) in [6.45, 7) is 3.32. The van der Waals surface area contributed by atoms with E-state index in [4.69, 9.17) is 9.84 Å². The first-order valence-electron chi connectivity index (χ1n) is 6.95. The predicted molar refractivity (Wildman–Crippen MR) is 71.1 cm³/mol. The molecule has 1 aliphatic rings. The van der Waals surface area contributed by atoms with Crippen LogP contribution in [-0.2, 0) is 9.53 Å². The molecule has 0 saturated carbocycles. The highest BCUT2D eigenvalue weighted by molar-refractivity contribution is 5.74. The van der Waals surface area contributed by atoms with Crippen LogP contribution >= 0.6 is 0 Å². The number of carboxylic acid groups (broad SMARTS) is 1. The first-order valence-corrected chi connectivity index (χ1v) is 6.95. The minimum absolute atomic E-state index is 0.0120. The smallest absolute Gasteiger partial charge is 0.314 e. The fourth-order valence-corrected chi connectivity index (χ4v) is 2.13. The molecule has 1 fully saturated rings. The van der Waals surface area contributed by atoms with Gasteiger partial charge in [-0.1, -0.05) is 0 Å². The van der Waals surface area contributed by atoms with Crippen LogP contribution < -0.4 is 10.6 Å². The number of carboxylic acids is 1. The van der Waals surface area contributed by atoms with E-state index >= 15 is 0 Å². The van der Waals surface area contributed by atoms with Gasteiger partial charge in [0.2, 0.25) is 0 Å². The summed E-state index contributed by atoms with van der Waals surface area (Å²) in [5.74, 6) is -0.798. The highest BCUT2D eigenvalue weighted by Crippen LogP contribution is 2.14. The highest BCUT2D eigenvalue weighted by atomic mass is 16.5. The SMILES string of the molecule is CC(CCCC(=O)O)NC(=O)NCCC1CCCO1. The molecule has 1 heterocycles. The van der Waals surface area contributed by atoms with Crippen LogP contribution in [0.2, 0.25) is 0 Å². The first-order chi connectivity index (χ1) is 9.08. The van der Waals surface area contributed by atoms with Crippen LogP contribution in [-0.4, -0.2) is 42.4 Å². The van der Waals surface area contributed by atoms with E-state index in [1.54, 1.807) is 0 Å². The number of aliphatic carboxylic acids is 1. The van der Waals surface area contributed by atoms with E-state index in [1.807, 2.05) is 6.92 Å². The molecule has 3 N–H and O–H groups in total. The van der Waals surface area contributed by atoms with Crippen molar-refractivity contribution in [2.75, 3.05) is 13.2 Å². The van der Waals surface area contributed by atoms with Gasteiger partial charge in [-0.15, -0.1) is 0 Å². The van der Waals surface area contributed by atoms with Crippen LogP contribution in [0.5, 0.6) is 0 Å². The van der Waals surface area contributed by atoms with Crippen molar-refractivity contribution in [3.63, 3.8) is 0 Å². The lowest BCUT2D eigenvalue weighted by atomic mass is 10.1. The molecule has 0 bridgehead atoms. The van der Waals surface area contributed by atoms with Crippen molar-refractivity contribution in [3.8, 4) is 0 Å². The summed E-state index contributed by atoms with van der Waals surface area (Å²) < 4.78 is 5.46. The Labute approximate surface area is 113 Å². The summed E-state index contributed by atoms with van der Waals surface area (Å²) in [7, 11) is 0. The topological polar surface area (TPSA) is 87.7 Å². The molecular formula is C13H24N2O4. The van der Waals surface area contributed by atoms with Gasteiger partial charge in [0.25, 0.3) is 0 Å². The number of hydrogen-bond donors (Lipinski definition) is 3. The average molecular weight is 272 g/mol. The van der Waals surface area contributed by atoms with Crippen LogP contribution in [0.3, 0.4) is 0 Å². The molecule has 2 amide bonds. The summed E-state index contributed by atoms with van der Waals surface area (Å²) in [6.07, 6.45) is 4.71. The van der Waals surface area contributed by atoms with Crippen molar-refractivity contribution in [3.05, 3.63) is 0 Å². The molecule has 19 heavy (non-hydrogen) atoms. The van der Waals surface area contributed by atoms with E-state index in [1.165, 1.54) is 0 Å². The van der Waals surface area contributed by atoms with Gasteiger partial charge < -0.3 is 20.5 Å². The van der Waals surface area contributed by atoms with E-state index in [-0.39, 0.29) is 24.6 Å². The molecule has 6 heteroatoms. The molecule has 1 aliphatic heterocycles. The number of carbonyl (C=O) groups excluding carboxylic acids is 1. The molecular weight excluding hydrogens is 248 g/mol. The van der Waals surface area contributed by atoms with Crippen molar-refractivity contribution in [1.29, 1.82) is 0 Å². The third-order valence-electron chi connectivity index (χ3n) is 3.18. The Bertz CT molecular complexity index is 290. The summed E-state index contributed by atoms with van der Waals surface area (Å²) >= 11 is 0. The van der Waals surface area contributed by atoms with Gasteiger partial charge in [-0.2, -0.15) is 0 Å². The van der Waals surface area contributed by atoms with Crippen molar-refractivity contribution >= 4 is 12.0 Å². The summed E-state index contributed by atoms with van der Waals surface area (Å²) in [5, 5.41) is 14.1. The monoisotopic (exact) mass is 272 g/mol. The molecule has 6 nitrogen and oxygen atoms in total. The van der Waals surface area contributed by atoms with E-state index in [9.17, 15) is 9.59 Å². The second-order valence-electron chi connectivity index (χ2n) is 5.01. The largest absolute Gasteiger partial charge is 0.481 e. The van der Waals surface area contributed by atoms with Crippen LogP contribution in [0, 0.1) is 0 Å². The number of ether oxygens (including phenoxy) is 1. The van der Waals surface area contributed by atoms with Crippen molar-refractivity contribution in [2.24, 2.45) is 0 Å². The van der Waals surface area contributed by atoms with Gasteiger partial charge in [0.1, 0.15) is 0 Å². The third kappa shape index (κ3) is 7.66. The van der Waals surface area contributed by atoms with Gasteiger partial charge in [-0.25, -0.2) is 4.79 Å². The van der Waals surface area contributed by atoms with Gasteiger partial charge >= 0.3 is 12.0 Å². The van der Waals surface area contributed by atoms with E-state index in [0.29, 0.717) is 19.4 Å². The number of hydrogen-bond acceptors (Lipinski definition) is 3. The minimum atomic E-state index is -0.798. The van der Waals surface area contributed by atoms with Gasteiger partial charge in [-0.05, 0) is 39.0 Å². The van der Waals surface area contributed by atoms with E-state index in [2.05, 4.69) is 10.6 Å². The summed E-state index contributed by atoms with van der Waals surface area (Å²) in [5.41, 5.74) is 0. The quantitative estimate of drug-likeness (QED) is 0.625. The number of nitrogens with one attached hydrogen (secondary N) is 2. The standard InChI is InChI=1S/C13H24N2O4/c1-10(4-2-6-12(16)17)15-13(18)14-8-7-11-5-3-9-19-11/h10-11H,2-9H2,1H3,(H,16,17)(H2,14,15,18). The van der Waals surface area contributed by atoms with Crippen LogP contribution in [0.15, 0.2) is 0 Å². The predicted octanol–water partition coefficient (Wildman–Crippen LogP) is 1.50. The molecule has 2 atom stereocenters. The van der Waals surface area contributed by atoms with Crippen LogP contribution in [0.25, 0.3) is 0 Å². The van der Waals surface area contributed by atoms with Gasteiger partial charge in [0.15, 0.2) is 0 Å². The van der Waals surface area contributed by atoms with Crippen molar-refractivity contribution in [1.82, 2.24) is 10.6 Å². The fourth-order valence-electron chi connectivity index (χ4n) is 2.13. The molecule has 110 valence electrons. The Morgan fingerprint density at radius 2 is 2.26 bits per heavy atom. The molecule has 0 aromatic rings. The molecule has 0 aromatic carbocycles. The van der Waals surface area contributed by atoms with E-state index in [0.717, 1.165) is 25.9 Å². The summed E-state index contributed by atoms with van der Waals surface area (Å²) in [6, 6.07) is -0.206. The fraction of sp³-hybridized carbons (Fsp3) is 0.846. The summed E-state index contributed by atoms with van der Waals surface area (Å²) in [4.78, 5) is 21.9. The van der Waals surface area contributed by atoms with E-state index < -0.39 is 5.97 Å².